The van der Waals surface area contributed by atoms with Crippen molar-refractivity contribution in [3.05, 3.63) is 23.8 Å². The van der Waals surface area contributed by atoms with Gasteiger partial charge in [-0.1, -0.05) is 0 Å². The lowest BCUT2D eigenvalue weighted by Gasteiger charge is -2.20. The molecule has 3 N–H and O–H groups in total. The Labute approximate surface area is 102 Å². The summed E-state index contributed by atoms with van der Waals surface area (Å²) < 4.78 is 5.35. The Kier molecular flexibility index (Phi) is 3.99. The first kappa shape index (κ1) is 13.4. The molecule has 0 saturated carbocycles. The molecule has 0 spiro atoms. The summed E-state index contributed by atoms with van der Waals surface area (Å²) >= 11 is 0. The van der Waals surface area contributed by atoms with E-state index in [-0.39, 0.29) is 11.4 Å². The third-order valence-electron chi connectivity index (χ3n) is 1.99. The number of carbonyl (C=O) groups excluding carboxylic acids is 1. The highest BCUT2D eigenvalue weighted by Crippen LogP contribution is 2.19. The number of rotatable bonds is 3. The van der Waals surface area contributed by atoms with Gasteiger partial charge in [-0.2, -0.15) is 0 Å². The summed E-state index contributed by atoms with van der Waals surface area (Å²) in [6, 6.07) is 5.04. The largest absolute Gasteiger partial charge is 0.494 e. The van der Waals surface area contributed by atoms with Crippen LogP contribution in [0.1, 0.15) is 38.1 Å². The van der Waals surface area contributed by atoms with Crippen LogP contribution in [0.4, 0.5) is 5.69 Å². The number of nitrogen functional groups attached to an aromatic ring is 1. The highest BCUT2D eigenvalue weighted by atomic mass is 16.5. The smallest absolute Gasteiger partial charge is 0.251 e. The first-order chi connectivity index (χ1) is 7.81. The number of nitrogens with one attached hydrogen (secondary N) is 1. The van der Waals surface area contributed by atoms with E-state index in [9.17, 15) is 4.79 Å². The SMILES string of the molecule is CCOc1cc(N)cc(C(=O)NC(C)(C)C)c1. The van der Waals surface area contributed by atoms with Crippen LogP contribution in [-0.4, -0.2) is 18.1 Å². The van der Waals surface area contributed by atoms with Gasteiger partial charge >= 0.3 is 0 Å². The van der Waals surface area contributed by atoms with Crippen molar-refractivity contribution in [3.8, 4) is 5.75 Å². The molecule has 0 aliphatic rings. The van der Waals surface area contributed by atoms with Crippen LogP contribution in [0, 0.1) is 0 Å². The Bertz CT molecular complexity index is 408. The summed E-state index contributed by atoms with van der Waals surface area (Å²) in [6.07, 6.45) is 0. The fraction of sp³-hybridized carbons (Fsp3) is 0.462. The molecule has 0 aromatic heterocycles. The lowest BCUT2D eigenvalue weighted by Crippen LogP contribution is -2.40. The molecule has 0 unspecified atom stereocenters. The minimum Gasteiger partial charge on any atom is -0.494 e. The van der Waals surface area contributed by atoms with Crippen molar-refractivity contribution in [2.45, 2.75) is 33.2 Å². The van der Waals surface area contributed by atoms with Gasteiger partial charge in [-0.25, -0.2) is 0 Å². The van der Waals surface area contributed by atoms with Crippen LogP contribution >= 0.6 is 0 Å². The number of ether oxygens (including phenoxy) is 1. The molecule has 0 bridgehead atoms. The van der Waals surface area contributed by atoms with Crippen LogP contribution < -0.4 is 15.8 Å². The van der Waals surface area contributed by atoms with Gasteiger partial charge in [-0.05, 0) is 39.8 Å². The van der Waals surface area contributed by atoms with Crippen molar-refractivity contribution in [3.63, 3.8) is 0 Å². The first-order valence-electron chi connectivity index (χ1n) is 5.67. The zero-order valence-corrected chi connectivity index (χ0v) is 10.8. The maximum Gasteiger partial charge on any atom is 0.251 e. The Morgan fingerprint density at radius 2 is 2.00 bits per heavy atom. The Morgan fingerprint density at radius 3 is 2.53 bits per heavy atom. The van der Waals surface area contributed by atoms with Crippen LogP contribution in [-0.2, 0) is 0 Å². The van der Waals surface area contributed by atoms with Gasteiger partial charge < -0.3 is 15.8 Å². The van der Waals surface area contributed by atoms with Gasteiger partial charge in [0.05, 0.1) is 6.61 Å². The van der Waals surface area contributed by atoms with Crippen molar-refractivity contribution in [2.24, 2.45) is 0 Å². The third kappa shape index (κ3) is 4.34. The van der Waals surface area contributed by atoms with Crippen LogP contribution in [0.5, 0.6) is 5.75 Å². The Balaban J connectivity index is 2.93. The maximum absolute atomic E-state index is 11.9. The highest BCUT2D eigenvalue weighted by Gasteiger charge is 2.16. The highest BCUT2D eigenvalue weighted by molar-refractivity contribution is 5.96. The van der Waals surface area contributed by atoms with E-state index in [2.05, 4.69) is 5.32 Å². The molecule has 0 saturated heterocycles. The van der Waals surface area contributed by atoms with Crippen LogP contribution in [0.3, 0.4) is 0 Å². The van der Waals surface area contributed by atoms with Crippen molar-refractivity contribution in [1.82, 2.24) is 5.32 Å². The number of nitrogens with two attached hydrogens (primary N) is 1. The molecular formula is C13H20N2O2. The van der Waals surface area contributed by atoms with Gasteiger partial charge in [-0.3, -0.25) is 4.79 Å². The second-order valence-electron chi connectivity index (χ2n) is 4.93. The fourth-order valence-corrected chi connectivity index (χ4v) is 1.42. The third-order valence-corrected chi connectivity index (χ3v) is 1.99. The molecule has 4 nitrogen and oxygen atoms in total. The number of hydrogen-bond acceptors (Lipinski definition) is 3. The molecule has 1 amide bonds. The van der Waals surface area contributed by atoms with Gasteiger partial charge in [0.1, 0.15) is 5.75 Å². The predicted octanol–water partition coefficient (Wildman–Crippen LogP) is 2.20. The molecule has 0 fully saturated rings. The van der Waals surface area contributed by atoms with Crippen molar-refractivity contribution >= 4 is 11.6 Å². The molecule has 1 rings (SSSR count). The quantitative estimate of drug-likeness (QED) is 0.791. The molecular weight excluding hydrogens is 216 g/mol. The molecule has 4 heteroatoms. The zero-order valence-electron chi connectivity index (χ0n) is 10.8. The van der Waals surface area contributed by atoms with Crippen LogP contribution in [0.25, 0.3) is 0 Å². The Hall–Kier alpha value is -1.71. The van der Waals surface area contributed by atoms with Crippen molar-refractivity contribution < 1.29 is 9.53 Å². The molecule has 0 atom stereocenters. The van der Waals surface area contributed by atoms with Crippen LogP contribution in [0.15, 0.2) is 18.2 Å². The normalized spacial score (nSPS) is 11.1. The van der Waals surface area contributed by atoms with E-state index in [0.717, 1.165) is 0 Å². The number of hydrogen-bond donors (Lipinski definition) is 2. The average molecular weight is 236 g/mol. The van der Waals surface area contributed by atoms with Crippen molar-refractivity contribution in [1.29, 1.82) is 0 Å². The molecule has 0 aliphatic carbocycles. The molecule has 17 heavy (non-hydrogen) atoms. The number of benzene rings is 1. The monoisotopic (exact) mass is 236 g/mol. The Morgan fingerprint density at radius 1 is 1.35 bits per heavy atom. The lowest BCUT2D eigenvalue weighted by atomic mass is 10.1. The van der Waals surface area contributed by atoms with E-state index >= 15 is 0 Å². The lowest BCUT2D eigenvalue weighted by molar-refractivity contribution is 0.0919. The van der Waals surface area contributed by atoms with Gasteiger partial charge in [0, 0.05) is 22.9 Å². The number of carbonyl (C=O) groups is 1. The number of amides is 1. The zero-order chi connectivity index (χ0) is 13.1. The summed E-state index contributed by atoms with van der Waals surface area (Å²) in [5, 5.41) is 2.88. The van der Waals surface area contributed by atoms with E-state index in [0.29, 0.717) is 23.6 Å². The molecule has 94 valence electrons. The molecule has 1 aromatic carbocycles. The van der Waals surface area contributed by atoms with E-state index in [1.165, 1.54) is 0 Å². The molecule has 0 radical (unpaired) electrons. The average Bonchev–Trinajstić information content (AvgIpc) is 2.14. The number of anilines is 1. The second-order valence-corrected chi connectivity index (χ2v) is 4.93. The van der Waals surface area contributed by atoms with Crippen LogP contribution in [0.2, 0.25) is 0 Å². The van der Waals surface area contributed by atoms with Gasteiger partial charge in [0.2, 0.25) is 0 Å². The predicted molar refractivity (Wildman–Crippen MR) is 69.2 cm³/mol. The van der Waals surface area contributed by atoms with Crippen molar-refractivity contribution in [2.75, 3.05) is 12.3 Å². The van der Waals surface area contributed by atoms with Gasteiger partial charge in [0.15, 0.2) is 0 Å². The minimum atomic E-state index is -0.270. The summed E-state index contributed by atoms with van der Waals surface area (Å²) in [5.74, 6) is 0.470. The molecule has 0 heterocycles. The fourth-order valence-electron chi connectivity index (χ4n) is 1.42. The van der Waals surface area contributed by atoms with Gasteiger partial charge in [0.25, 0.3) is 5.91 Å². The first-order valence-corrected chi connectivity index (χ1v) is 5.67. The molecule has 0 aliphatic heterocycles. The van der Waals surface area contributed by atoms with E-state index in [1.807, 2.05) is 27.7 Å². The molecule has 1 aromatic rings. The summed E-state index contributed by atoms with van der Waals surface area (Å²) in [6.45, 7) is 8.23. The van der Waals surface area contributed by atoms with E-state index in [4.69, 9.17) is 10.5 Å². The topological polar surface area (TPSA) is 64.3 Å². The maximum atomic E-state index is 11.9. The van der Waals surface area contributed by atoms with Gasteiger partial charge in [-0.15, -0.1) is 0 Å². The summed E-state index contributed by atoms with van der Waals surface area (Å²) in [7, 11) is 0. The standard InChI is InChI=1S/C13H20N2O2/c1-5-17-11-7-9(6-10(14)8-11)12(16)15-13(2,3)4/h6-8H,5,14H2,1-4H3,(H,15,16). The summed E-state index contributed by atoms with van der Waals surface area (Å²) in [5.41, 5.74) is 6.50. The van der Waals surface area contributed by atoms with E-state index < -0.39 is 0 Å². The minimum absolute atomic E-state index is 0.147. The van der Waals surface area contributed by atoms with E-state index in [1.54, 1.807) is 18.2 Å². The second kappa shape index (κ2) is 5.08. The summed E-state index contributed by atoms with van der Waals surface area (Å²) in [4.78, 5) is 11.9.